The van der Waals surface area contributed by atoms with Crippen molar-refractivity contribution in [3.05, 3.63) is 71.4 Å². The van der Waals surface area contributed by atoms with E-state index >= 15 is 0 Å². The smallest absolute Gasteiger partial charge is 0.317 e. The number of rotatable bonds is 5. The molecule has 3 aromatic rings. The summed E-state index contributed by atoms with van der Waals surface area (Å²) in [5.74, 6) is 0.712. The summed E-state index contributed by atoms with van der Waals surface area (Å²) in [5.41, 5.74) is 1.56. The molecule has 1 saturated heterocycles. The Bertz CT molecular complexity index is 997. The van der Waals surface area contributed by atoms with Crippen molar-refractivity contribution in [1.82, 2.24) is 30.0 Å². The number of nitrogens with zero attached hydrogens (tertiary/aromatic N) is 5. The maximum absolute atomic E-state index is 12.6. The molecule has 4 rings (SSSR count). The summed E-state index contributed by atoms with van der Waals surface area (Å²) >= 11 is 5.89. The molecule has 2 amide bonds. The lowest BCUT2D eigenvalue weighted by molar-refractivity contribution is 0.0854. The van der Waals surface area contributed by atoms with Gasteiger partial charge in [-0.2, -0.15) is 5.10 Å². The predicted octanol–water partition coefficient (Wildman–Crippen LogP) is 3.12. The maximum atomic E-state index is 12.6. The molecule has 30 heavy (non-hydrogen) atoms. The summed E-state index contributed by atoms with van der Waals surface area (Å²) < 4.78 is 1.57. The van der Waals surface area contributed by atoms with Crippen LogP contribution < -0.4 is 5.32 Å². The summed E-state index contributed by atoms with van der Waals surface area (Å²) in [7, 11) is 0. The maximum Gasteiger partial charge on any atom is 0.317 e. The van der Waals surface area contributed by atoms with Gasteiger partial charge >= 0.3 is 6.03 Å². The van der Waals surface area contributed by atoms with Crippen LogP contribution in [0.4, 0.5) is 4.79 Å². The number of ketones is 1. The highest BCUT2D eigenvalue weighted by Gasteiger charge is 2.27. The molecule has 3 heterocycles. The van der Waals surface area contributed by atoms with E-state index in [4.69, 9.17) is 11.6 Å². The van der Waals surface area contributed by atoms with E-state index in [9.17, 15) is 9.59 Å². The van der Waals surface area contributed by atoms with Crippen LogP contribution >= 0.6 is 11.6 Å². The van der Waals surface area contributed by atoms with E-state index in [1.807, 2.05) is 12.1 Å². The fourth-order valence-corrected chi connectivity index (χ4v) is 3.59. The second kappa shape index (κ2) is 9.04. The number of amides is 2. The highest BCUT2D eigenvalue weighted by atomic mass is 35.5. The van der Waals surface area contributed by atoms with Gasteiger partial charge in [-0.25, -0.2) is 19.4 Å². The first-order chi connectivity index (χ1) is 14.6. The van der Waals surface area contributed by atoms with E-state index < -0.39 is 0 Å². The third-order valence-electron chi connectivity index (χ3n) is 5.19. The van der Waals surface area contributed by atoms with Gasteiger partial charge in [0.2, 0.25) is 0 Å². The Hall–Kier alpha value is -3.26. The van der Waals surface area contributed by atoms with Crippen LogP contribution in [0.25, 0.3) is 5.82 Å². The molecule has 0 saturated carbocycles. The highest BCUT2D eigenvalue weighted by molar-refractivity contribution is 6.30. The number of carbonyl (C=O) groups excluding carboxylic acids is 2. The predicted molar refractivity (Wildman–Crippen MR) is 111 cm³/mol. The Kier molecular flexibility index (Phi) is 6.04. The Balaban J connectivity index is 1.25. The number of likely N-dealkylation sites (tertiary alicyclic amines) is 1. The largest absolute Gasteiger partial charge is 0.334 e. The number of hydrogen-bond acceptors (Lipinski definition) is 5. The van der Waals surface area contributed by atoms with E-state index in [2.05, 4.69) is 20.4 Å². The van der Waals surface area contributed by atoms with Gasteiger partial charge in [-0.15, -0.1) is 0 Å². The number of nitrogens with one attached hydrogen (secondary N) is 1. The Morgan fingerprint density at radius 2 is 1.87 bits per heavy atom. The molecule has 1 aromatic carbocycles. The minimum absolute atomic E-state index is 0.0660. The third-order valence-corrected chi connectivity index (χ3v) is 5.44. The monoisotopic (exact) mass is 424 g/mol. The van der Waals surface area contributed by atoms with Crippen LogP contribution in [0.3, 0.4) is 0 Å². The van der Waals surface area contributed by atoms with E-state index in [0.717, 1.165) is 5.56 Å². The standard InChI is InChI=1S/C21H21ClN6O2/c22-18-4-2-16(3-5-18)20(29)17-7-9-27(10-8-17)21(30)25-12-15-1-6-19(24-11-15)28-14-23-13-26-28/h1-6,11,13-14,17H,7-10,12H2,(H,25,30). The average Bonchev–Trinajstić information content (AvgIpc) is 3.33. The van der Waals surface area contributed by atoms with Crippen molar-refractivity contribution in [3.63, 3.8) is 0 Å². The molecule has 9 heteroatoms. The van der Waals surface area contributed by atoms with Crippen molar-refractivity contribution in [2.75, 3.05) is 13.1 Å². The number of piperidine rings is 1. The van der Waals surface area contributed by atoms with Gasteiger partial charge in [-0.3, -0.25) is 4.79 Å². The molecule has 0 spiro atoms. The van der Waals surface area contributed by atoms with Crippen LogP contribution in [-0.4, -0.2) is 49.6 Å². The first kappa shape index (κ1) is 20.0. The zero-order chi connectivity index (χ0) is 20.9. The molecule has 8 nitrogen and oxygen atoms in total. The summed E-state index contributed by atoms with van der Waals surface area (Å²) in [6, 6.07) is 10.5. The normalized spacial score (nSPS) is 14.5. The van der Waals surface area contributed by atoms with Gasteiger partial charge in [0.05, 0.1) is 0 Å². The van der Waals surface area contributed by atoms with Gasteiger partial charge in [0, 0.05) is 42.3 Å². The van der Waals surface area contributed by atoms with Gasteiger partial charge in [-0.05, 0) is 48.7 Å². The van der Waals surface area contributed by atoms with Crippen LogP contribution in [0.5, 0.6) is 0 Å². The summed E-state index contributed by atoms with van der Waals surface area (Å²) in [6.45, 7) is 1.49. The number of benzene rings is 1. The van der Waals surface area contributed by atoms with Crippen molar-refractivity contribution in [2.24, 2.45) is 5.92 Å². The number of Topliss-reactive ketones (excluding diaryl/α,β-unsaturated/α-hetero) is 1. The van der Waals surface area contributed by atoms with Crippen LogP contribution in [0.2, 0.25) is 5.02 Å². The summed E-state index contributed by atoms with van der Waals surface area (Å²) in [6.07, 6.45) is 6.04. The summed E-state index contributed by atoms with van der Waals surface area (Å²) in [4.78, 5) is 35.1. The number of aromatic nitrogens is 4. The fourth-order valence-electron chi connectivity index (χ4n) is 3.47. The first-order valence-electron chi connectivity index (χ1n) is 9.72. The van der Waals surface area contributed by atoms with Crippen molar-refractivity contribution in [2.45, 2.75) is 19.4 Å². The van der Waals surface area contributed by atoms with Crippen LogP contribution in [0.15, 0.2) is 55.2 Å². The van der Waals surface area contributed by atoms with Crippen molar-refractivity contribution in [1.29, 1.82) is 0 Å². The first-order valence-corrected chi connectivity index (χ1v) is 10.1. The molecule has 1 fully saturated rings. The van der Waals surface area contributed by atoms with Gasteiger partial charge in [-0.1, -0.05) is 17.7 Å². The lowest BCUT2D eigenvalue weighted by Gasteiger charge is -2.31. The molecule has 1 aliphatic rings. The lowest BCUT2D eigenvalue weighted by atomic mass is 9.89. The van der Waals surface area contributed by atoms with E-state index in [0.29, 0.717) is 48.9 Å². The topological polar surface area (TPSA) is 93.0 Å². The molecule has 0 bridgehead atoms. The Morgan fingerprint density at radius 3 is 2.50 bits per heavy atom. The van der Waals surface area contributed by atoms with Crippen LogP contribution in [0.1, 0.15) is 28.8 Å². The van der Waals surface area contributed by atoms with Crippen molar-refractivity contribution < 1.29 is 9.59 Å². The Morgan fingerprint density at radius 1 is 1.10 bits per heavy atom. The molecule has 1 N–H and O–H groups in total. The zero-order valence-corrected chi connectivity index (χ0v) is 17.0. The molecule has 2 aromatic heterocycles. The molecule has 0 aliphatic carbocycles. The molecular weight excluding hydrogens is 404 g/mol. The number of hydrogen-bond donors (Lipinski definition) is 1. The van der Waals surface area contributed by atoms with Gasteiger partial charge in [0.1, 0.15) is 12.7 Å². The SMILES string of the molecule is O=C(c1ccc(Cl)cc1)C1CCN(C(=O)NCc2ccc(-n3cncn3)nc2)CC1. The molecule has 0 atom stereocenters. The van der Waals surface area contributed by atoms with E-state index in [1.54, 1.807) is 46.4 Å². The van der Waals surface area contributed by atoms with Crippen LogP contribution in [-0.2, 0) is 6.54 Å². The zero-order valence-electron chi connectivity index (χ0n) is 16.2. The lowest BCUT2D eigenvalue weighted by Crippen LogP contribution is -2.45. The van der Waals surface area contributed by atoms with E-state index in [1.165, 1.54) is 6.33 Å². The number of halogens is 1. The molecule has 0 unspecified atom stereocenters. The minimum Gasteiger partial charge on any atom is -0.334 e. The molecule has 0 radical (unpaired) electrons. The number of pyridine rings is 1. The fraction of sp³-hybridized carbons (Fsp3) is 0.286. The summed E-state index contributed by atoms with van der Waals surface area (Å²) in [5, 5.41) is 7.56. The second-order valence-corrected chi connectivity index (χ2v) is 7.59. The minimum atomic E-state index is -0.132. The third kappa shape index (κ3) is 4.65. The van der Waals surface area contributed by atoms with Crippen molar-refractivity contribution >= 4 is 23.4 Å². The average molecular weight is 425 g/mol. The second-order valence-electron chi connectivity index (χ2n) is 7.16. The van der Waals surface area contributed by atoms with Crippen LogP contribution in [0, 0.1) is 5.92 Å². The van der Waals surface area contributed by atoms with Gasteiger partial charge < -0.3 is 10.2 Å². The molecular formula is C21H21ClN6O2. The highest BCUT2D eigenvalue weighted by Crippen LogP contribution is 2.23. The number of carbonyl (C=O) groups is 2. The number of urea groups is 1. The quantitative estimate of drug-likeness (QED) is 0.635. The molecule has 1 aliphatic heterocycles. The Labute approximate surface area is 178 Å². The van der Waals surface area contributed by atoms with E-state index in [-0.39, 0.29) is 17.7 Å². The van der Waals surface area contributed by atoms with Gasteiger partial charge in [0.25, 0.3) is 0 Å². The van der Waals surface area contributed by atoms with Gasteiger partial charge in [0.15, 0.2) is 11.6 Å². The molecule has 154 valence electrons. The van der Waals surface area contributed by atoms with Crippen molar-refractivity contribution in [3.8, 4) is 5.82 Å².